The quantitative estimate of drug-likeness (QED) is 0.526. The van der Waals surface area contributed by atoms with Gasteiger partial charge in [0.25, 0.3) is 5.56 Å². The molecule has 1 unspecified atom stereocenters. The van der Waals surface area contributed by atoms with Crippen LogP contribution < -0.4 is 5.56 Å². The number of carbonyl (C=O) groups excluding carboxylic acids is 1. The minimum Gasteiger partial charge on any atom is -0.458 e. The van der Waals surface area contributed by atoms with Gasteiger partial charge in [-0.1, -0.05) is 19.1 Å². The van der Waals surface area contributed by atoms with Gasteiger partial charge in [-0.2, -0.15) is 0 Å². The monoisotopic (exact) mass is 406 g/mol. The molecule has 3 aromatic rings. The maximum atomic E-state index is 13.2. The summed E-state index contributed by atoms with van der Waals surface area (Å²) < 4.78 is 12.3. The summed E-state index contributed by atoms with van der Waals surface area (Å²) in [6.45, 7) is 3.93. The van der Waals surface area contributed by atoms with Gasteiger partial charge in [-0.25, -0.2) is 9.78 Å². The number of pyridine rings is 2. The van der Waals surface area contributed by atoms with E-state index in [1.54, 1.807) is 24.7 Å². The van der Waals surface area contributed by atoms with Crippen molar-refractivity contribution < 1.29 is 19.4 Å². The van der Waals surface area contributed by atoms with E-state index in [9.17, 15) is 14.7 Å². The second-order valence-corrected chi connectivity index (χ2v) is 7.89. The van der Waals surface area contributed by atoms with Crippen molar-refractivity contribution in [1.29, 1.82) is 0 Å². The Labute approximate surface area is 172 Å². The van der Waals surface area contributed by atoms with Crippen LogP contribution in [0.1, 0.15) is 48.6 Å². The number of hydrogen-bond donors (Lipinski definition) is 1. The van der Waals surface area contributed by atoms with Crippen molar-refractivity contribution >= 4 is 16.9 Å². The van der Waals surface area contributed by atoms with Crippen molar-refractivity contribution in [1.82, 2.24) is 9.55 Å². The van der Waals surface area contributed by atoms with Gasteiger partial charge in [-0.3, -0.25) is 4.79 Å². The molecule has 0 amide bonds. The predicted octanol–water partition coefficient (Wildman–Crippen LogP) is 2.79. The molecule has 2 aliphatic rings. The standard InChI is InChI=1S/C23H22N2O5/c1-4-23(28)17-9-19-20-13(10-25(19)21(26)16(17)11-30-22(23)27)8-15-14(12(2)29-3)6-5-7-18(15)24-20/h5-9,12,28H,4,10-11H2,1-3H3/t12?,23-/m0/s1. The molecule has 7 heteroatoms. The fourth-order valence-corrected chi connectivity index (χ4v) is 4.51. The van der Waals surface area contributed by atoms with Crippen LogP contribution >= 0.6 is 0 Å². The van der Waals surface area contributed by atoms with Crippen LogP contribution in [0.5, 0.6) is 0 Å². The summed E-state index contributed by atoms with van der Waals surface area (Å²) in [5.41, 5.74) is 2.65. The number of benzene rings is 1. The lowest BCUT2D eigenvalue weighted by atomic mass is 9.86. The predicted molar refractivity (Wildman–Crippen MR) is 110 cm³/mol. The van der Waals surface area contributed by atoms with Gasteiger partial charge in [0.15, 0.2) is 5.60 Å². The lowest BCUT2D eigenvalue weighted by Gasteiger charge is -2.31. The van der Waals surface area contributed by atoms with Gasteiger partial charge >= 0.3 is 5.97 Å². The first-order valence-electron chi connectivity index (χ1n) is 10.0. The Hall–Kier alpha value is -3.03. The fourth-order valence-electron chi connectivity index (χ4n) is 4.51. The molecule has 1 N–H and O–H groups in total. The highest BCUT2D eigenvalue weighted by atomic mass is 16.6. The normalized spacial score (nSPS) is 20.5. The first kappa shape index (κ1) is 19.0. The molecule has 154 valence electrons. The van der Waals surface area contributed by atoms with E-state index in [1.165, 1.54) is 0 Å². The molecular weight excluding hydrogens is 384 g/mol. The average molecular weight is 406 g/mol. The van der Waals surface area contributed by atoms with Gasteiger partial charge in [0.1, 0.15) is 6.61 Å². The van der Waals surface area contributed by atoms with Crippen molar-refractivity contribution in [3.8, 4) is 11.4 Å². The number of methoxy groups -OCH3 is 1. The SMILES string of the molecule is CC[C@@]1(O)C(=O)OCc2c1cc1n(c2=O)Cc2cc3c(C(C)OC)cccc3nc2-1. The van der Waals surface area contributed by atoms with E-state index in [4.69, 9.17) is 14.5 Å². The number of carbonyl (C=O) groups is 1. The van der Waals surface area contributed by atoms with Crippen molar-refractivity contribution in [3.63, 3.8) is 0 Å². The number of esters is 1. The average Bonchev–Trinajstić information content (AvgIpc) is 3.12. The Balaban J connectivity index is 1.76. The van der Waals surface area contributed by atoms with Crippen molar-refractivity contribution in [2.24, 2.45) is 0 Å². The molecular formula is C23H22N2O5. The zero-order valence-corrected chi connectivity index (χ0v) is 17.1. The number of hydrogen-bond acceptors (Lipinski definition) is 6. The molecule has 0 spiro atoms. The number of aromatic nitrogens is 2. The Morgan fingerprint density at radius 1 is 1.33 bits per heavy atom. The van der Waals surface area contributed by atoms with Gasteiger partial charge in [-0.05, 0) is 37.1 Å². The first-order chi connectivity index (χ1) is 14.4. The van der Waals surface area contributed by atoms with E-state index in [-0.39, 0.29) is 24.7 Å². The van der Waals surface area contributed by atoms with Crippen LogP contribution in [0.3, 0.4) is 0 Å². The number of fused-ring (bicyclic) bond motifs is 5. The van der Waals surface area contributed by atoms with Crippen LogP contribution in [0.4, 0.5) is 0 Å². The van der Waals surface area contributed by atoms with Crippen LogP contribution in [-0.4, -0.2) is 27.7 Å². The number of nitrogens with zero attached hydrogens (tertiary/aromatic N) is 2. The van der Waals surface area contributed by atoms with Crippen LogP contribution in [0.25, 0.3) is 22.3 Å². The van der Waals surface area contributed by atoms with Crippen LogP contribution in [0.15, 0.2) is 35.1 Å². The van der Waals surface area contributed by atoms with Crippen LogP contribution in [0.2, 0.25) is 0 Å². The molecule has 2 atom stereocenters. The van der Waals surface area contributed by atoms with E-state index >= 15 is 0 Å². The molecule has 2 aliphatic heterocycles. The zero-order valence-electron chi connectivity index (χ0n) is 17.1. The Bertz CT molecular complexity index is 1280. The summed E-state index contributed by atoms with van der Waals surface area (Å²) in [5, 5.41) is 11.9. The van der Waals surface area contributed by atoms with E-state index in [0.717, 1.165) is 22.0 Å². The van der Waals surface area contributed by atoms with E-state index in [2.05, 4.69) is 6.07 Å². The maximum absolute atomic E-state index is 13.2. The van der Waals surface area contributed by atoms with Gasteiger partial charge in [0.2, 0.25) is 0 Å². The summed E-state index contributed by atoms with van der Waals surface area (Å²) in [7, 11) is 1.67. The van der Waals surface area contributed by atoms with Crippen molar-refractivity contribution in [2.75, 3.05) is 7.11 Å². The Morgan fingerprint density at radius 2 is 2.13 bits per heavy atom. The van der Waals surface area contributed by atoms with Crippen molar-refractivity contribution in [2.45, 2.75) is 45.1 Å². The maximum Gasteiger partial charge on any atom is 0.343 e. The number of ether oxygens (including phenoxy) is 2. The molecule has 7 nitrogen and oxygen atoms in total. The summed E-state index contributed by atoms with van der Waals surface area (Å²) >= 11 is 0. The Kier molecular flexibility index (Phi) is 4.10. The Morgan fingerprint density at radius 3 is 2.87 bits per heavy atom. The lowest BCUT2D eigenvalue weighted by Crippen LogP contribution is -2.44. The second kappa shape index (κ2) is 6.48. The molecule has 0 aliphatic carbocycles. The fraction of sp³-hybridized carbons (Fsp3) is 0.348. The molecule has 0 saturated carbocycles. The lowest BCUT2D eigenvalue weighted by molar-refractivity contribution is -0.172. The van der Waals surface area contributed by atoms with Gasteiger partial charge in [0.05, 0.1) is 35.1 Å². The number of aliphatic hydroxyl groups is 1. The van der Waals surface area contributed by atoms with E-state index < -0.39 is 11.6 Å². The summed E-state index contributed by atoms with van der Waals surface area (Å²) in [4.78, 5) is 30.3. The third kappa shape index (κ3) is 2.42. The summed E-state index contributed by atoms with van der Waals surface area (Å²) in [6.07, 6.45) is 0.0351. The third-order valence-corrected chi connectivity index (χ3v) is 6.38. The smallest absolute Gasteiger partial charge is 0.343 e. The highest BCUT2D eigenvalue weighted by molar-refractivity contribution is 5.88. The summed E-state index contributed by atoms with van der Waals surface area (Å²) in [5.74, 6) is -0.718. The molecule has 30 heavy (non-hydrogen) atoms. The molecule has 5 rings (SSSR count). The molecule has 0 radical (unpaired) electrons. The van der Waals surface area contributed by atoms with E-state index in [0.29, 0.717) is 29.1 Å². The molecule has 0 fully saturated rings. The van der Waals surface area contributed by atoms with Crippen molar-refractivity contribution in [3.05, 3.63) is 62.9 Å². The largest absolute Gasteiger partial charge is 0.458 e. The molecule has 4 heterocycles. The molecule has 0 bridgehead atoms. The van der Waals surface area contributed by atoms with E-state index in [1.807, 2.05) is 25.1 Å². The molecule has 0 saturated heterocycles. The minimum atomic E-state index is -1.82. The number of cyclic esters (lactones) is 1. The van der Waals surface area contributed by atoms with Gasteiger partial charge < -0.3 is 19.1 Å². The van der Waals surface area contributed by atoms with Crippen LogP contribution in [-0.2, 0) is 33.0 Å². The highest BCUT2D eigenvalue weighted by Gasteiger charge is 2.45. The minimum absolute atomic E-state index is 0.0879. The first-order valence-corrected chi connectivity index (χ1v) is 10.0. The highest BCUT2D eigenvalue weighted by Crippen LogP contribution is 2.39. The van der Waals surface area contributed by atoms with Gasteiger partial charge in [-0.15, -0.1) is 0 Å². The topological polar surface area (TPSA) is 90.7 Å². The second-order valence-electron chi connectivity index (χ2n) is 7.89. The zero-order chi connectivity index (χ0) is 21.2. The summed E-state index contributed by atoms with van der Waals surface area (Å²) in [6, 6.07) is 9.67. The molecule has 2 aromatic heterocycles. The third-order valence-electron chi connectivity index (χ3n) is 6.38. The molecule has 1 aromatic carbocycles. The van der Waals surface area contributed by atoms with Crippen LogP contribution in [0, 0.1) is 0 Å². The van der Waals surface area contributed by atoms with Gasteiger partial charge in [0, 0.05) is 23.6 Å². The number of rotatable bonds is 3.